The van der Waals surface area contributed by atoms with Crippen LogP contribution in [0.3, 0.4) is 0 Å². The molecule has 0 unspecified atom stereocenters. The van der Waals surface area contributed by atoms with Crippen molar-refractivity contribution in [1.29, 1.82) is 0 Å². The molecule has 1 atom stereocenters. The molecule has 0 aliphatic carbocycles. The average Bonchev–Trinajstić information content (AvgIpc) is 2.70. The van der Waals surface area contributed by atoms with Crippen molar-refractivity contribution >= 4 is 33.2 Å². The summed E-state index contributed by atoms with van der Waals surface area (Å²) in [6, 6.07) is 12.3. The Hall–Kier alpha value is -2.09. The molecular weight excluding hydrogens is 400 g/mol. The van der Waals surface area contributed by atoms with Gasteiger partial charge >= 0.3 is 0 Å². The second-order valence-corrected chi connectivity index (χ2v) is 8.85. The van der Waals surface area contributed by atoms with Crippen LogP contribution < -0.4 is 10.1 Å². The van der Waals surface area contributed by atoms with E-state index in [2.05, 4.69) is 5.32 Å². The summed E-state index contributed by atoms with van der Waals surface area (Å²) in [5.74, 6) is 0.381. The van der Waals surface area contributed by atoms with Gasteiger partial charge in [-0.25, -0.2) is 8.42 Å². The number of amides is 1. The molecule has 1 heterocycles. The number of hydrogen-bond acceptors (Lipinski definition) is 4. The molecule has 3 rings (SSSR count). The van der Waals surface area contributed by atoms with E-state index in [1.807, 2.05) is 6.92 Å². The molecule has 1 amide bonds. The standard InChI is InChI=1S/C20H23ClN2O4S/c1-2-27-17-10-8-16(9-11-17)22-20(24)19-5-3-4-14-23(19)28(25,26)18-12-6-15(21)7-13-18/h6-13,19H,2-5,14H2,1H3,(H,22,24)/t19-/m1/s1. The van der Waals surface area contributed by atoms with E-state index in [0.29, 0.717) is 36.0 Å². The molecule has 1 aliphatic rings. The van der Waals surface area contributed by atoms with Crippen LogP contribution in [-0.4, -0.2) is 37.8 Å². The summed E-state index contributed by atoms with van der Waals surface area (Å²) < 4.78 is 32.8. The van der Waals surface area contributed by atoms with Crippen molar-refractivity contribution in [2.24, 2.45) is 0 Å². The molecular formula is C20H23ClN2O4S. The maximum atomic E-state index is 13.1. The number of ether oxygens (including phenoxy) is 1. The Morgan fingerprint density at radius 2 is 1.82 bits per heavy atom. The zero-order valence-corrected chi connectivity index (χ0v) is 17.2. The van der Waals surface area contributed by atoms with Crippen LogP contribution in [0, 0.1) is 0 Å². The third kappa shape index (κ3) is 4.66. The minimum Gasteiger partial charge on any atom is -0.494 e. The first-order valence-corrected chi connectivity index (χ1v) is 11.0. The van der Waals surface area contributed by atoms with Crippen LogP contribution in [0.25, 0.3) is 0 Å². The molecule has 1 aliphatic heterocycles. The highest BCUT2D eigenvalue weighted by atomic mass is 35.5. The minimum absolute atomic E-state index is 0.137. The molecule has 2 aromatic rings. The molecule has 0 bridgehead atoms. The molecule has 8 heteroatoms. The van der Waals surface area contributed by atoms with Crippen molar-refractivity contribution in [3.63, 3.8) is 0 Å². The Bertz CT molecular complexity index is 914. The third-order valence-corrected chi connectivity index (χ3v) is 6.78. The number of nitrogens with one attached hydrogen (secondary N) is 1. The predicted octanol–water partition coefficient (Wildman–Crippen LogP) is 3.92. The summed E-state index contributed by atoms with van der Waals surface area (Å²) in [5, 5.41) is 3.28. The number of halogens is 1. The van der Waals surface area contributed by atoms with Crippen LogP contribution in [0.5, 0.6) is 5.75 Å². The lowest BCUT2D eigenvalue weighted by Gasteiger charge is -2.33. The normalized spacial score (nSPS) is 17.9. The molecule has 6 nitrogen and oxygen atoms in total. The van der Waals surface area contributed by atoms with Crippen LogP contribution in [0.1, 0.15) is 26.2 Å². The molecule has 0 spiro atoms. The van der Waals surface area contributed by atoms with Crippen LogP contribution in [0.2, 0.25) is 5.02 Å². The summed E-state index contributed by atoms with van der Waals surface area (Å²) in [6.07, 6.45) is 2.00. The first-order valence-electron chi connectivity index (χ1n) is 9.23. The maximum absolute atomic E-state index is 13.1. The molecule has 2 aromatic carbocycles. The van der Waals surface area contributed by atoms with E-state index in [4.69, 9.17) is 16.3 Å². The number of benzene rings is 2. The number of carbonyl (C=O) groups excluding carboxylic acids is 1. The average molecular weight is 423 g/mol. The Kier molecular flexibility index (Phi) is 6.59. The van der Waals surface area contributed by atoms with Crippen LogP contribution in [0.15, 0.2) is 53.4 Å². The molecule has 0 saturated carbocycles. The number of nitrogens with zero attached hydrogens (tertiary/aromatic N) is 1. The topological polar surface area (TPSA) is 75.7 Å². The fourth-order valence-corrected chi connectivity index (χ4v) is 5.01. The molecule has 1 N–H and O–H groups in total. The van der Waals surface area contributed by atoms with Gasteiger partial charge in [0.2, 0.25) is 15.9 Å². The Morgan fingerprint density at radius 3 is 2.46 bits per heavy atom. The van der Waals surface area contributed by atoms with Gasteiger partial charge in [0, 0.05) is 17.3 Å². The van der Waals surface area contributed by atoms with Gasteiger partial charge in [0.05, 0.1) is 11.5 Å². The second kappa shape index (κ2) is 8.94. The second-order valence-electron chi connectivity index (χ2n) is 6.53. The lowest BCUT2D eigenvalue weighted by molar-refractivity contribution is -0.120. The predicted molar refractivity (Wildman–Crippen MR) is 109 cm³/mol. The van der Waals surface area contributed by atoms with Gasteiger partial charge in [-0.05, 0) is 68.3 Å². The number of sulfonamides is 1. The molecule has 0 aromatic heterocycles. The van der Waals surface area contributed by atoms with Gasteiger partial charge in [0.1, 0.15) is 11.8 Å². The Morgan fingerprint density at radius 1 is 1.14 bits per heavy atom. The first kappa shape index (κ1) is 20.6. The highest BCUT2D eigenvalue weighted by Crippen LogP contribution is 2.27. The van der Waals surface area contributed by atoms with Crippen molar-refractivity contribution in [2.75, 3.05) is 18.5 Å². The van der Waals surface area contributed by atoms with Gasteiger partial charge in [0.15, 0.2) is 0 Å². The number of carbonyl (C=O) groups is 1. The lowest BCUT2D eigenvalue weighted by Crippen LogP contribution is -2.49. The lowest BCUT2D eigenvalue weighted by atomic mass is 10.0. The van der Waals surface area contributed by atoms with Gasteiger partial charge in [-0.1, -0.05) is 18.0 Å². The molecule has 1 saturated heterocycles. The zero-order valence-electron chi connectivity index (χ0n) is 15.6. The van der Waals surface area contributed by atoms with E-state index in [-0.39, 0.29) is 10.8 Å². The fourth-order valence-electron chi connectivity index (χ4n) is 3.22. The number of hydrogen-bond donors (Lipinski definition) is 1. The van der Waals surface area contributed by atoms with Crippen molar-refractivity contribution < 1.29 is 17.9 Å². The summed E-state index contributed by atoms with van der Waals surface area (Å²) in [7, 11) is -3.79. The minimum atomic E-state index is -3.79. The highest BCUT2D eigenvalue weighted by molar-refractivity contribution is 7.89. The SMILES string of the molecule is CCOc1ccc(NC(=O)[C@H]2CCCCN2S(=O)(=O)c2ccc(Cl)cc2)cc1. The molecule has 1 fully saturated rings. The van der Waals surface area contributed by atoms with Crippen molar-refractivity contribution in [3.05, 3.63) is 53.6 Å². The summed E-state index contributed by atoms with van der Waals surface area (Å²) in [6.45, 7) is 2.77. The largest absolute Gasteiger partial charge is 0.494 e. The summed E-state index contributed by atoms with van der Waals surface area (Å²) >= 11 is 5.87. The highest BCUT2D eigenvalue weighted by Gasteiger charge is 2.37. The molecule has 150 valence electrons. The number of anilines is 1. The van der Waals surface area contributed by atoms with Crippen LogP contribution in [-0.2, 0) is 14.8 Å². The van der Waals surface area contributed by atoms with Crippen LogP contribution in [0.4, 0.5) is 5.69 Å². The van der Waals surface area contributed by atoms with Crippen molar-refractivity contribution in [3.8, 4) is 5.75 Å². The number of piperidine rings is 1. The van der Waals surface area contributed by atoms with Crippen LogP contribution >= 0.6 is 11.6 Å². The van der Waals surface area contributed by atoms with E-state index in [1.165, 1.54) is 28.6 Å². The van der Waals surface area contributed by atoms with Gasteiger partial charge in [0.25, 0.3) is 0 Å². The Labute approximate surface area is 170 Å². The first-order chi connectivity index (χ1) is 13.4. The van der Waals surface area contributed by atoms with E-state index < -0.39 is 16.1 Å². The molecule has 0 radical (unpaired) electrons. The van der Waals surface area contributed by atoms with E-state index in [0.717, 1.165) is 12.8 Å². The summed E-state index contributed by atoms with van der Waals surface area (Å²) in [5.41, 5.74) is 0.600. The third-order valence-electron chi connectivity index (χ3n) is 4.61. The van der Waals surface area contributed by atoms with Gasteiger partial charge in [-0.2, -0.15) is 4.31 Å². The van der Waals surface area contributed by atoms with E-state index in [1.54, 1.807) is 24.3 Å². The smallest absolute Gasteiger partial charge is 0.243 e. The summed E-state index contributed by atoms with van der Waals surface area (Å²) in [4.78, 5) is 13.0. The van der Waals surface area contributed by atoms with Gasteiger partial charge in [-0.3, -0.25) is 4.79 Å². The fraction of sp³-hybridized carbons (Fsp3) is 0.350. The monoisotopic (exact) mass is 422 g/mol. The van der Waals surface area contributed by atoms with E-state index in [9.17, 15) is 13.2 Å². The van der Waals surface area contributed by atoms with Gasteiger partial charge < -0.3 is 10.1 Å². The van der Waals surface area contributed by atoms with E-state index >= 15 is 0 Å². The van der Waals surface area contributed by atoms with Crippen molar-refractivity contribution in [2.45, 2.75) is 37.1 Å². The zero-order chi connectivity index (χ0) is 20.1. The Balaban J connectivity index is 1.78. The number of rotatable bonds is 6. The quantitative estimate of drug-likeness (QED) is 0.765. The van der Waals surface area contributed by atoms with Crippen molar-refractivity contribution in [1.82, 2.24) is 4.31 Å². The molecule has 28 heavy (non-hydrogen) atoms. The van der Waals surface area contributed by atoms with Gasteiger partial charge in [-0.15, -0.1) is 0 Å². The maximum Gasteiger partial charge on any atom is 0.243 e.